The van der Waals surface area contributed by atoms with Crippen LogP contribution in [0.1, 0.15) is 5.56 Å². The molecule has 9 heteroatoms. The summed E-state index contributed by atoms with van der Waals surface area (Å²) in [4.78, 5) is 20.8. The van der Waals surface area contributed by atoms with Crippen molar-refractivity contribution in [1.29, 1.82) is 0 Å². The average Bonchev–Trinajstić information content (AvgIpc) is 3.28. The van der Waals surface area contributed by atoms with E-state index >= 15 is 0 Å². The van der Waals surface area contributed by atoms with E-state index < -0.39 is 0 Å². The normalized spacial score (nSPS) is 11.0. The summed E-state index contributed by atoms with van der Waals surface area (Å²) in [6.07, 6.45) is 5.00. The summed E-state index contributed by atoms with van der Waals surface area (Å²) in [7, 11) is 0. The van der Waals surface area contributed by atoms with Gasteiger partial charge in [-0.15, -0.1) is 5.10 Å². The number of anilines is 1. The first-order valence-electron chi connectivity index (χ1n) is 7.89. The molecule has 0 saturated heterocycles. The number of aromatic amines is 1. The van der Waals surface area contributed by atoms with Gasteiger partial charge in [-0.05, 0) is 13.0 Å². The van der Waals surface area contributed by atoms with Crippen LogP contribution in [0.5, 0.6) is 0 Å². The number of rotatable bonds is 5. The molecule has 0 aliphatic carbocycles. The second-order valence-corrected chi connectivity index (χ2v) is 6.56. The molecule has 3 aromatic heterocycles. The average molecular weight is 365 g/mol. The smallest absolute Gasteiger partial charge is 0.234 e. The maximum atomic E-state index is 12.2. The zero-order valence-corrected chi connectivity index (χ0v) is 14.7. The van der Waals surface area contributed by atoms with Gasteiger partial charge in [-0.3, -0.25) is 9.89 Å². The molecule has 4 aromatic rings. The summed E-state index contributed by atoms with van der Waals surface area (Å²) in [5.41, 5.74) is 3.32. The number of amides is 1. The number of carbonyl (C=O) groups is 1. The van der Waals surface area contributed by atoms with E-state index in [1.807, 2.05) is 31.2 Å². The molecule has 0 bridgehead atoms. The second kappa shape index (κ2) is 6.96. The molecule has 2 N–H and O–H groups in total. The summed E-state index contributed by atoms with van der Waals surface area (Å²) in [6.45, 7) is 2.03. The molecule has 0 saturated carbocycles. The second-order valence-electron chi connectivity index (χ2n) is 5.62. The highest BCUT2D eigenvalue weighted by Gasteiger charge is 2.12. The van der Waals surface area contributed by atoms with Crippen molar-refractivity contribution in [2.24, 2.45) is 0 Å². The first-order valence-corrected chi connectivity index (χ1v) is 8.88. The quantitative estimate of drug-likeness (QED) is 0.527. The van der Waals surface area contributed by atoms with Gasteiger partial charge in [-0.25, -0.2) is 14.5 Å². The Morgan fingerprint density at radius 1 is 1.31 bits per heavy atom. The summed E-state index contributed by atoms with van der Waals surface area (Å²) in [5.74, 6) is 0.701. The molecule has 0 aliphatic rings. The van der Waals surface area contributed by atoms with Gasteiger partial charge in [0.1, 0.15) is 5.69 Å². The van der Waals surface area contributed by atoms with Gasteiger partial charge in [0, 0.05) is 18.0 Å². The Morgan fingerprint density at radius 2 is 2.15 bits per heavy atom. The van der Waals surface area contributed by atoms with Gasteiger partial charge in [0.05, 0.1) is 11.9 Å². The van der Waals surface area contributed by atoms with Crippen molar-refractivity contribution in [3.63, 3.8) is 0 Å². The number of thioether (sulfide) groups is 1. The van der Waals surface area contributed by atoms with Gasteiger partial charge >= 0.3 is 0 Å². The molecular weight excluding hydrogens is 350 g/mol. The Kier molecular flexibility index (Phi) is 4.36. The fourth-order valence-electron chi connectivity index (χ4n) is 2.38. The minimum absolute atomic E-state index is 0.169. The number of carbonyl (C=O) groups excluding carboxylic acids is 1. The molecule has 1 aromatic carbocycles. The highest BCUT2D eigenvalue weighted by molar-refractivity contribution is 7.99. The topological polar surface area (TPSA) is 101 Å². The molecule has 0 spiro atoms. The van der Waals surface area contributed by atoms with Gasteiger partial charge in [0.15, 0.2) is 11.5 Å². The van der Waals surface area contributed by atoms with Gasteiger partial charge in [0.25, 0.3) is 0 Å². The predicted molar refractivity (Wildman–Crippen MR) is 98.9 cm³/mol. The van der Waals surface area contributed by atoms with Crippen LogP contribution in [-0.4, -0.2) is 41.4 Å². The van der Waals surface area contributed by atoms with Crippen molar-refractivity contribution in [2.75, 3.05) is 11.1 Å². The molecule has 4 rings (SSSR count). The Balaban J connectivity index is 1.38. The van der Waals surface area contributed by atoms with Crippen LogP contribution < -0.4 is 5.32 Å². The van der Waals surface area contributed by atoms with Crippen LogP contribution in [0.25, 0.3) is 17.0 Å². The van der Waals surface area contributed by atoms with E-state index in [4.69, 9.17) is 0 Å². The minimum atomic E-state index is -0.169. The number of H-pyrrole nitrogens is 1. The molecular formula is C17H15N7OS. The summed E-state index contributed by atoms with van der Waals surface area (Å²) in [5, 5.41) is 14.5. The molecule has 3 heterocycles. The van der Waals surface area contributed by atoms with E-state index in [-0.39, 0.29) is 11.7 Å². The number of aromatic nitrogens is 6. The van der Waals surface area contributed by atoms with Crippen LogP contribution in [0.15, 0.2) is 54.1 Å². The van der Waals surface area contributed by atoms with Crippen molar-refractivity contribution >= 4 is 29.0 Å². The van der Waals surface area contributed by atoms with Crippen LogP contribution in [0.4, 0.5) is 5.69 Å². The molecule has 130 valence electrons. The number of hydrogen-bond donors (Lipinski definition) is 2. The zero-order valence-electron chi connectivity index (χ0n) is 13.9. The number of benzene rings is 1. The highest BCUT2D eigenvalue weighted by atomic mass is 32.2. The third-order valence-electron chi connectivity index (χ3n) is 3.68. The van der Waals surface area contributed by atoms with E-state index in [2.05, 4.69) is 30.6 Å². The Hall–Kier alpha value is -3.20. The molecule has 0 unspecified atom stereocenters. The third-order valence-corrected chi connectivity index (χ3v) is 4.52. The van der Waals surface area contributed by atoms with Gasteiger partial charge in [-0.2, -0.15) is 5.10 Å². The Bertz CT molecular complexity index is 1050. The summed E-state index contributed by atoms with van der Waals surface area (Å²) >= 11 is 1.26. The summed E-state index contributed by atoms with van der Waals surface area (Å²) < 4.78 is 1.60. The highest BCUT2D eigenvalue weighted by Crippen LogP contribution is 2.20. The van der Waals surface area contributed by atoms with Crippen molar-refractivity contribution in [2.45, 2.75) is 12.1 Å². The number of nitrogens with one attached hydrogen (secondary N) is 2. The molecule has 0 aliphatic heterocycles. The van der Waals surface area contributed by atoms with Gasteiger partial charge < -0.3 is 5.32 Å². The number of fused-ring (bicyclic) bond motifs is 1. The molecule has 0 radical (unpaired) electrons. The van der Waals surface area contributed by atoms with E-state index in [0.29, 0.717) is 22.3 Å². The predicted octanol–water partition coefficient (Wildman–Crippen LogP) is 2.55. The van der Waals surface area contributed by atoms with Crippen LogP contribution in [0.3, 0.4) is 0 Å². The lowest BCUT2D eigenvalue weighted by Gasteiger charge is -2.01. The third kappa shape index (κ3) is 3.42. The SMILES string of the molecule is Cc1ccc(-c2nc(SCC(=O)Nc3cnn4cccnc34)n[nH]2)cc1. The fraction of sp³-hybridized carbons (Fsp3) is 0.118. The van der Waals surface area contributed by atoms with Crippen molar-refractivity contribution < 1.29 is 4.79 Å². The van der Waals surface area contributed by atoms with Crippen molar-refractivity contribution in [1.82, 2.24) is 29.8 Å². The Morgan fingerprint density at radius 3 is 3.00 bits per heavy atom. The maximum absolute atomic E-state index is 12.2. The first-order chi connectivity index (χ1) is 12.7. The maximum Gasteiger partial charge on any atom is 0.234 e. The lowest BCUT2D eigenvalue weighted by atomic mass is 10.1. The van der Waals surface area contributed by atoms with Crippen molar-refractivity contribution in [3.05, 3.63) is 54.5 Å². The van der Waals surface area contributed by atoms with E-state index in [1.54, 1.807) is 29.2 Å². The summed E-state index contributed by atoms with van der Waals surface area (Å²) in [6, 6.07) is 9.77. The first kappa shape index (κ1) is 16.3. The Labute approximate surface area is 153 Å². The standard InChI is InChI=1S/C17H15N7OS/c1-11-3-5-12(6-4-11)15-21-17(23-22-15)26-10-14(25)20-13-9-19-24-8-2-7-18-16(13)24/h2-9H,10H2,1H3,(H,20,25)(H,21,22,23). The lowest BCUT2D eigenvalue weighted by Crippen LogP contribution is -2.14. The van der Waals surface area contributed by atoms with Crippen LogP contribution >= 0.6 is 11.8 Å². The lowest BCUT2D eigenvalue weighted by molar-refractivity contribution is -0.113. The van der Waals surface area contributed by atoms with E-state index in [0.717, 1.165) is 5.56 Å². The van der Waals surface area contributed by atoms with Crippen LogP contribution in [0.2, 0.25) is 0 Å². The monoisotopic (exact) mass is 365 g/mol. The van der Waals surface area contributed by atoms with Gasteiger partial charge in [0.2, 0.25) is 11.1 Å². The largest absolute Gasteiger partial charge is 0.321 e. The van der Waals surface area contributed by atoms with Crippen molar-refractivity contribution in [3.8, 4) is 11.4 Å². The van der Waals surface area contributed by atoms with Crippen LogP contribution in [0, 0.1) is 6.92 Å². The van der Waals surface area contributed by atoms with E-state index in [9.17, 15) is 4.79 Å². The van der Waals surface area contributed by atoms with E-state index in [1.165, 1.54) is 17.3 Å². The molecule has 0 atom stereocenters. The van der Waals surface area contributed by atoms with Crippen LogP contribution in [-0.2, 0) is 4.79 Å². The molecule has 0 fully saturated rings. The molecule has 8 nitrogen and oxygen atoms in total. The number of hydrogen-bond acceptors (Lipinski definition) is 6. The fourth-order valence-corrected chi connectivity index (χ4v) is 2.98. The molecule has 26 heavy (non-hydrogen) atoms. The number of aryl methyl sites for hydroxylation is 1. The van der Waals surface area contributed by atoms with Gasteiger partial charge in [-0.1, -0.05) is 41.6 Å². The molecule has 1 amide bonds. The number of nitrogens with zero attached hydrogens (tertiary/aromatic N) is 5. The minimum Gasteiger partial charge on any atom is -0.321 e. The zero-order chi connectivity index (χ0) is 17.9.